The number of nitrogens with zero attached hydrogens (tertiary/aromatic N) is 1. The van der Waals surface area contributed by atoms with Crippen LogP contribution in [0.4, 0.5) is 0 Å². The lowest BCUT2D eigenvalue weighted by Crippen LogP contribution is -2.38. The van der Waals surface area contributed by atoms with E-state index < -0.39 is 0 Å². The Morgan fingerprint density at radius 1 is 1.24 bits per heavy atom. The van der Waals surface area contributed by atoms with Crippen LogP contribution >= 0.6 is 0 Å². The highest BCUT2D eigenvalue weighted by Gasteiger charge is 2.14. The molecule has 0 aromatic heterocycles. The molecule has 0 aliphatic heterocycles. The number of rotatable bonds is 4. The normalized spacial score (nSPS) is 16.3. The lowest BCUT2D eigenvalue weighted by molar-refractivity contribution is -0.123. The Bertz CT molecular complexity index is 500. The van der Waals surface area contributed by atoms with Gasteiger partial charge in [0.2, 0.25) is 0 Å². The maximum absolute atomic E-state index is 11.9. The zero-order valence-corrected chi connectivity index (χ0v) is 12.3. The zero-order chi connectivity index (χ0) is 14.9. The van der Waals surface area contributed by atoms with Crippen LogP contribution in [0, 0.1) is 11.3 Å². The van der Waals surface area contributed by atoms with Crippen molar-refractivity contribution in [3.8, 4) is 11.8 Å². The molecule has 0 bridgehead atoms. The summed E-state index contributed by atoms with van der Waals surface area (Å²) >= 11 is 0. The summed E-state index contributed by atoms with van der Waals surface area (Å²) in [4.78, 5) is 11.9. The number of hydrogen-bond acceptors (Lipinski definition) is 3. The maximum Gasteiger partial charge on any atom is 0.258 e. The van der Waals surface area contributed by atoms with Gasteiger partial charge in [-0.15, -0.1) is 0 Å². The molecule has 1 N–H and O–H groups in total. The largest absolute Gasteiger partial charge is 0.484 e. The van der Waals surface area contributed by atoms with Crippen LogP contribution in [-0.2, 0) is 4.79 Å². The van der Waals surface area contributed by atoms with Crippen LogP contribution in [0.25, 0.3) is 0 Å². The minimum absolute atomic E-state index is 0.00534. The Morgan fingerprint density at radius 2 is 1.95 bits per heavy atom. The minimum Gasteiger partial charge on any atom is -0.484 e. The Labute approximate surface area is 126 Å². The van der Waals surface area contributed by atoms with E-state index >= 15 is 0 Å². The molecule has 0 saturated heterocycles. The van der Waals surface area contributed by atoms with Crippen molar-refractivity contribution in [3.63, 3.8) is 0 Å². The van der Waals surface area contributed by atoms with Gasteiger partial charge in [0.25, 0.3) is 5.91 Å². The predicted octanol–water partition coefficient (Wildman–Crippen LogP) is 3.17. The van der Waals surface area contributed by atoms with Gasteiger partial charge < -0.3 is 10.1 Å². The van der Waals surface area contributed by atoms with Crippen molar-refractivity contribution in [1.29, 1.82) is 5.26 Å². The molecule has 4 heteroatoms. The summed E-state index contributed by atoms with van der Waals surface area (Å²) < 4.78 is 5.44. The van der Waals surface area contributed by atoms with Crippen molar-refractivity contribution >= 4 is 5.91 Å². The van der Waals surface area contributed by atoms with Crippen molar-refractivity contribution < 1.29 is 9.53 Å². The number of hydrogen-bond donors (Lipinski definition) is 1. The summed E-state index contributed by atoms with van der Waals surface area (Å²) in [5.41, 5.74) is 0.535. The Balaban J connectivity index is 1.77. The fraction of sp³-hybridized carbons (Fsp3) is 0.529. The maximum atomic E-state index is 11.9. The smallest absolute Gasteiger partial charge is 0.258 e. The SMILES string of the molecule is N#Cc1cccc(OCC(=O)NC2CCCCCCC2)c1. The molecule has 112 valence electrons. The number of amides is 1. The van der Waals surface area contributed by atoms with Gasteiger partial charge in [0.05, 0.1) is 11.6 Å². The molecular formula is C17H22N2O2. The van der Waals surface area contributed by atoms with E-state index in [9.17, 15) is 4.79 Å². The Hall–Kier alpha value is -2.02. The average Bonchev–Trinajstić information content (AvgIpc) is 2.48. The van der Waals surface area contributed by atoms with E-state index in [-0.39, 0.29) is 18.6 Å². The van der Waals surface area contributed by atoms with E-state index in [0.717, 1.165) is 12.8 Å². The van der Waals surface area contributed by atoms with E-state index in [0.29, 0.717) is 11.3 Å². The molecule has 1 aliphatic rings. The standard InChI is InChI=1S/C17H22N2O2/c18-12-14-7-6-10-16(11-14)21-13-17(20)19-15-8-4-2-1-3-5-9-15/h6-7,10-11,15H,1-5,8-9,13H2,(H,19,20). The molecule has 1 saturated carbocycles. The molecule has 0 atom stereocenters. The molecule has 0 spiro atoms. The first-order valence-electron chi connectivity index (χ1n) is 7.70. The van der Waals surface area contributed by atoms with Crippen LogP contribution in [0.3, 0.4) is 0 Å². The van der Waals surface area contributed by atoms with Gasteiger partial charge in [-0.25, -0.2) is 0 Å². The van der Waals surface area contributed by atoms with Crippen molar-refractivity contribution in [2.45, 2.75) is 51.0 Å². The van der Waals surface area contributed by atoms with Crippen molar-refractivity contribution in [2.75, 3.05) is 6.61 Å². The molecule has 2 rings (SSSR count). The van der Waals surface area contributed by atoms with E-state index in [4.69, 9.17) is 10.00 Å². The van der Waals surface area contributed by atoms with Crippen LogP contribution in [0.2, 0.25) is 0 Å². The lowest BCUT2D eigenvalue weighted by atomic mass is 9.97. The molecule has 1 aromatic carbocycles. The van der Waals surface area contributed by atoms with Crippen LogP contribution in [0.1, 0.15) is 50.5 Å². The summed E-state index contributed by atoms with van der Waals surface area (Å²) in [6.07, 6.45) is 8.37. The van der Waals surface area contributed by atoms with Gasteiger partial charge in [-0.2, -0.15) is 5.26 Å². The summed E-state index contributed by atoms with van der Waals surface area (Å²) in [5.74, 6) is 0.477. The summed E-state index contributed by atoms with van der Waals surface area (Å²) in [7, 11) is 0. The van der Waals surface area contributed by atoms with E-state index in [1.165, 1.54) is 32.1 Å². The highest BCUT2D eigenvalue weighted by molar-refractivity contribution is 5.77. The van der Waals surface area contributed by atoms with E-state index in [2.05, 4.69) is 11.4 Å². The Morgan fingerprint density at radius 3 is 2.67 bits per heavy atom. The van der Waals surface area contributed by atoms with Crippen LogP contribution < -0.4 is 10.1 Å². The lowest BCUT2D eigenvalue weighted by Gasteiger charge is -2.21. The third-order valence-corrected chi connectivity index (χ3v) is 3.80. The van der Waals surface area contributed by atoms with Gasteiger partial charge in [0.15, 0.2) is 6.61 Å². The molecule has 0 radical (unpaired) electrons. The number of benzene rings is 1. The summed E-state index contributed by atoms with van der Waals surface area (Å²) in [5, 5.41) is 11.9. The van der Waals surface area contributed by atoms with E-state index in [1.807, 2.05) is 0 Å². The minimum atomic E-state index is -0.0806. The van der Waals surface area contributed by atoms with Crippen molar-refractivity contribution in [2.24, 2.45) is 0 Å². The highest BCUT2D eigenvalue weighted by Crippen LogP contribution is 2.17. The summed E-state index contributed by atoms with van der Waals surface area (Å²) in [6.45, 7) is 0.00534. The Kier molecular flexibility index (Phi) is 6.08. The van der Waals surface area contributed by atoms with Crippen LogP contribution in [0.5, 0.6) is 5.75 Å². The van der Waals surface area contributed by atoms with Gasteiger partial charge in [-0.3, -0.25) is 4.79 Å². The molecule has 1 aromatic rings. The van der Waals surface area contributed by atoms with Crippen LogP contribution in [0.15, 0.2) is 24.3 Å². The highest BCUT2D eigenvalue weighted by atomic mass is 16.5. The van der Waals surface area contributed by atoms with Gasteiger partial charge in [-0.1, -0.05) is 38.2 Å². The molecule has 1 amide bonds. The van der Waals surface area contributed by atoms with Crippen LogP contribution in [-0.4, -0.2) is 18.6 Å². The van der Waals surface area contributed by atoms with Gasteiger partial charge in [0.1, 0.15) is 5.75 Å². The second-order valence-corrected chi connectivity index (χ2v) is 5.54. The number of nitriles is 1. The molecule has 0 heterocycles. The zero-order valence-electron chi connectivity index (χ0n) is 12.3. The third-order valence-electron chi connectivity index (χ3n) is 3.80. The number of carbonyl (C=O) groups is 1. The number of ether oxygens (including phenoxy) is 1. The van der Waals surface area contributed by atoms with Gasteiger partial charge >= 0.3 is 0 Å². The van der Waals surface area contributed by atoms with Gasteiger partial charge in [-0.05, 0) is 31.0 Å². The molecular weight excluding hydrogens is 264 g/mol. The first-order chi connectivity index (χ1) is 10.3. The second kappa shape index (κ2) is 8.31. The molecule has 0 unspecified atom stereocenters. The first-order valence-corrected chi connectivity index (χ1v) is 7.70. The topological polar surface area (TPSA) is 62.1 Å². The second-order valence-electron chi connectivity index (χ2n) is 5.54. The predicted molar refractivity (Wildman–Crippen MR) is 80.9 cm³/mol. The first kappa shape index (κ1) is 15.4. The van der Waals surface area contributed by atoms with Crippen molar-refractivity contribution in [1.82, 2.24) is 5.32 Å². The average molecular weight is 286 g/mol. The number of nitrogens with one attached hydrogen (secondary N) is 1. The molecule has 21 heavy (non-hydrogen) atoms. The fourth-order valence-corrected chi connectivity index (χ4v) is 2.67. The number of carbonyl (C=O) groups excluding carboxylic acids is 1. The third kappa shape index (κ3) is 5.47. The quantitative estimate of drug-likeness (QED) is 0.924. The van der Waals surface area contributed by atoms with Gasteiger partial charge in [0, 0.05) is 6.04 Å². The summed E-state index contributed by atoms with van der Waals surface area (Å²) in [6, 6.07) is 9.19. The monoisotopic (exact) mass is 286 g/mol. The molecule has 1 fully saturated rings. The molecule has 1 aliphatic carbocycles. The fourth-order valence-electron chi connectivity index (χ4n) is 2.67. The van der Waals surface area contributed by atoms with E-state index in [1.54, 1.807) is 24.3 Å². The van der Waals surface area contributed by atoms with Crippen molar-refractivity contribution in [3.05, 3.63) is 29.8 Å². The molecule has 4 nitrogen and oxygen atoms in total.